The maximum absolute atomic E-state index is 2.83. The number of likely N-dealkylation sites (tertiary alicyclic amines) is 1. The molecule has 1 aliphatic rings. The second kappa shape index (κ2) is 8.93. The molecule has 0 aromatic rings. The van der Waals surface area contributed by atoms with E-state index in [-0.39, 0.29) is 0 Å². The second-order valence-corrected chi connectivity index (χ2v) is 8.46. The van der Waals surface area contributed by atoms with Gasteiger partial charge in [-0.05, 0) is 39.3 Å². The summed E-state index contributed by atoms with van der Waals surface area (Å²) in [5.41, 5.74) is 3.51. The van der Waals surface area contributed by atoms with Crippen LogP contribution < -0.4 is 0 Å². The molecule has 1 nitrogen and oxygen atoms in total. The highest BCUT2D eigenvalue weighted by atomic mass is 28.3. The third-order valence-electron chi connectivity index (χ3n) is 4.08. The van der Waals surface area contributed by atoms with Crippen molar-refractivity contribution >= 4 is 8.80 Å². The highest BCUT2D eigenvalue weighted by Crippen LogP contribution is 2.19. The van der Waals surface area contributed by atoms with Gasteiger partial charge in [-0.15, -0.1) is 5.70 Å². The van der Waals surface area contributed by atoms with Crippen LogP contribution in [0.15, 0.2) is 11.8 Å². The molecule has 0 N–H and O–H groups in total. The summed E-state index contributed by atoms with van der Waals surface area (Å²) < 4.78 is 0. The van der Waals surface area contributed by atoms with E-state index in [1.165, 1.54) is 57.7 Å². The first kappa shape index (κ1) is 15.0. The Hall–Kier alpha value is -0.0831. The maximum Gasteiger partial charge on any atom is 0.0799 e. The van der Waals surface area contributed by atoms with Crippen molar-refractivity contribution in [3.05, 3.63) is 11.8 Å². The van der Waals surface area contributed by atoms with Gasteiger partial charge in [-0.2, -0.15) is 0 Å². The molecule has 1 heterocycles. The molecule has 0 radical (unpaired) electrons. The molecule has 0 amide bonds. The molecule has 100 valence electrons. The van der Waals surface area contributed by atoms with Gasteiger partial charge in [-0.1, -0.05) is 45.2 Å². The molecule has 2 atom stereocenters. The summed E-state index contributed by atoms with van der Waals surface area (Å²) in [6.45, 7) is 9.67. The lowest BCUT2D eigenvalue weighted by Gasteiger charge is -2.34. The Morgan fingerprint density at radius 3 is 2.24 bits per heavy atom. The van der Waals surface area contributed by atoms with Crippen LogP contribution in [0, 0.1) is 0 Å². The molecule has 2 heteroatoms. The fraction of sp³-hybridized carbons (Fsp3) is 0.867. The van der Waals surface area contributed by atoms with Gasteiger partial charge in [-0.3, -0.25) is 0 Å². The molecule has 0 aliphatic carbocycles. The topological polar surface area (TPSA) is 3.24 Å². The highest BCUT2D eigenvalue weighted by molar-refractivity contribution is 6.65. The van der Waals surface area contributed by atoms with Gasteiger partial charge < -0.3 is 4.90 Å². The van der Waals surface area contributed by atoms with Crippen molar-refractivity contribution in [1.29, 1.82) is 0 Å². The number of hydrogen-bond donors (Lipinski definition) is 0. The van der Waals surface area contributed by atoms with Crippen LogP contribution in [0.3, 0.4) is 0 Å². The van der Waals surface area contributed by atoms with E-state index >= 15 is 0 Å². The predicted octanol–water partition coefficient (Wildman–Crippen LogP) is 3.93. The van der Waals surface area contributed by atoms with Crippen LogP contribution in [0.1, 0.15) is 59.3 Å². The molecule has 0 bridgehead atoms. The zero-order valence-corrected chi connectivity index (χ0v) is 13.3. The van der Waals surface area contributed by atoms with Crippen LogP contribution in [0.25, 0.3) is 0 Å². The van der Waals surface area contributed by atoms with Gasteiger partial charge in [0.2, 0.25) is 0 Å². The molecule has 0 saturated carbocycles. The summed E-state index contributed by atoms with van der Waals surface area (Å²) in [7, 11) is -0.697. The predicted molar refractivity (Wildman–Crippen MR) is 81.2 cm³/mol. The fourth-order valence-electron chi connectivity index (χ4n) is 3.26. The number of hydrogen-bond acceptors (Lipinski definition) is 1. The van der Waals surface area contributed by atoms with Crippen molar-refractivity contribution in [3.63, 3.8) is 0 Å². The number of nitrogens with zero attached hydrogens (tertiary/aromatic N) is 1. The highest BCUT2D eigenvalue weighted by Gasteiger charge is 2.25. The summed E-state index contributed by atoms with van der Waals surface area (Å²) in [5.74, 6) is 0. The van der Waals surface area contributed by atoms with Crippen LogP contribution in [-0.4, -0.2) is 32.5 Å². The molecular formula is C15H31NSi. The molecule has 1 fully saturated rings. The van der Waals surface area contributed by atoms with Gasteiger partial charge in [0, 0.05) is 5.67 Å². The zero-order valence-electron chi connectivity index (χ0n) is 12.1. The van der Waals surface area contributed by atoms with Gasteiger partial charge in [-0.25, -0.2) is 0 Å². The largest absolute Gasteiger partial charge is 0.303 e. The zero-order chi connectivity index (χ0) is 12.5. The van der Waals surface area contributed by atoms with Crippen LogP contribution in [0.5, 0.6) is 0 Å². The van der Waals surface area contributed by atoms with Gasteiger partial charge >= 0.3 is 0 Å². The van der Waals surface area contributed by atoms with E-state index in [1.807, 2.05) is 0 Å². The Morgan fingerprint density at radius 1 is 1.12 bits per heavy atom. The summed E-state index contributed by atoms with van der Waals surface area (Å²) in [6.07, 6.45) is 10.8. The Labute approximate surface area is 110 Å². The van der Waals surface area contributed by atoms with E-state index in [2.05, 4.69) is 37.4 Å². The number of rotatable bonds is 6. The summed E-state index contributed by atoms with van der Waals surface area (Å²) in [4.78, 5) is 2.83. The Balaban J connectivity index is 2.64. The van der Waals surface area contributed by atoms with Crippen molar-refractivity contribution < 1.29 is 0 Å². The molecule has 17 heavy (non-hydrogen) atoms. The van der Waals surface area contributed by atoms with E-state index in [1.54, 1.807) is 0 Å². The SMILES string of the molecule is CC=C[SiH](CCC)C(CC)N1CCCCCC1. The van der Waals surface area contributed by atoms with E-state index in [9.17, 15) is 0 Å². The Bertz CT molecular complexity index is 207. The average Bonchev–Trinajstić information content (AvgIpc) is 2.60. The van der Waals surface area contributed by atoms with Crippen molar-refractivity contribution in [2.45, 2.75) is 71.0 Å². The molecule has 1 aliphatic heterocycles. The van der Waals surface area contributed by atoms with E-state index in [0.29, 0.717) is 0 Å². The summed E-state index contributed by atoms with van der Waals surface area (Å²) in [6, 6.07) is 1.49. The minimum absolute atomic E-state index is 0.697. The van der Waals surface area contributed by atoms with E-state index < -0.39 is 8.80 Å². The van der Waals surface area contributed by atoms with Crippen LogP contribution in [0.2, 0.25) is 6.04 Å². The van der Waals surface area contributed by atoms with Crippen molar-refractivity contribution in [3.8, 4) is 0 Å². The van der Waals surface area contributed by atoms with E-state index in [4.69, 9.17) is 0 Å². The van der Waals surface area contributed by atoms with Gasteiger partial charge in [0.25, 0.3) is 0 Å². The monoisotopic (exact) mass is 253 g/mol. The first-order chi connectivity index (χ1) is 8.33. The maximum atomic E-state index is 2.83. The lowest BCUT2D eigenvalue weighted by atomic mass is 10.2. The van der Waals surface area contributed by atoms with Gasteiger partial charge in [0.05, 0.1) is 8.80 Å². The average molecular weight is 254 g/mol. The molecule has 0 aromatic heterocycles. The van der Waals surface area contributed by atoms with Crippen molar-refractivity contribution in [2.75, 3.05) is 13.1 Å². The Morgan fingerprint density at radius 2 is 1.76 bits per heavy atom. The normalized spacial score (nSPS) is 22.5. The third-order valence-corrected chi connectivity index (χ3v) is 8.09. The summed E-state index contributed by atoms with van der Waals surface area (Å²) in [5, 5.41) is 0. The fourth-order valence-corrected chi connectivity index (χ4v) is 6.70. The van der Waals surface area contributed by atoms with Gasteiger partial charge in [0.15, 0.2) is 0 Å². The standard InChI is InChI=1S/C15H31NSi/c1-4-13-17(14-5-2)15(6-3)16-11-9-7-8-10-12-16/h4,13,15,17H,5-12,14H2,1-3H3. The van der Waals surface area contributed by atoms with Crippen LogP contribution >= 0.6 is 0 Å². The first-order valence-electron chi connectivity index (χ1n) is 7.70. The van der Waals surface area contributed by atoms with Crippen molar-refractivity contribution in [1.82, 2.24) is 4.90 Å². The van der Waals surface area contributed by atoms with Crippen molar-refractivity contribution in [2.24, 2.45) is 0 Å². The van der Waals surface area contributed by atoms with E-state index in [0.717, 1.165) is 5.67 Å². The molecule has 0 aromatic carbocycles. The molecule has 1 saturated heterocycles. The number of allylic oxidation sites excluding steroid dienone is 1. The van der Waals surface area contributed by atoms with Crippen LogP contribution in [0.4, 0.5) is 0 Å². The molecule has 0 spiro atoms. The third kappa shape index (κ3) is 4.97. The van der Waals surface area contributed by atoms with Crippen LogP contribution in [-0.2, 0) is 0 Å². The lowest BCUT2D eigenvalue weighted by molar-refractivity contribution is 0.251. The molecule has 2 unspecified atom stereocenters. The lowest BCUT2D eigenvalue weighted by Crippen LogP contribution is -2.45. The minimum Gasteiger partial charge on any atom is -0.303 e. The van der Waals surface area contributed by atoms with Gasteiger partial charge in [0.1, 0.15) is 0 Å². The Kier molecular flexibility index (Phi) is 7.87. The summed E-state index contributed by atoms with van der Waals surface area (Å²) >= 11 is 0. The second-order valence-electron chi connectivity index (χ2n) is 5.40. The first-order valence-corrected chi connectivity index (χ1v) is 9.85. The molecule has 1 rings (SSSR count). The minimum atomic E-state index is -0.697. The quantitative estimate of drug-likeness (QED) is 0.648. The molecular weight excluding hydrogens is 222 g/mol. The smallest absolute Gasteiger partial charge is 0.0799 e.